The molecule has 1 aliphatic rings. The largest absolute Gasteiger partial charge is 0.374 e. The van der Waals surface area contributed by atoms with Crippen LogP contribution in [0.25, 0.3) is 0 Å². The van der Waals surface area contributed by atoms with Gasteiger partial charge in [-0.1, -0.05) is 12.1 Å². The number of carbonyl (C=O) groups excluding carboxylic acids is 1. The Morgan fingerprint density at radius 1 is 1.22 bits per heavy atom. The van der Waals surface area contributed by atoms with Gasteiger partial charge < -0.3 is 10.2 Å². The molecule has 0 aromatic heterocycles. The predicted molar refractivity (Wildman–Crippen MR) is 88.7 cm³/mol. The molecule has 0 aliphatic carbocycles. The van der Waals surface area contributed by atoms with Crippen molar-refractivity contribution in [2.75, 3.05) is 16.8 Å². The van der Waals surface area contributed by atoms with Crippen LogP contribution in [0.15, 0.2) is 48.5 Å². The number of nitro benzene ring substituents is 1. The summed E-state index contributed by atoms with van der Waals surface area (Å²) in [6.07, 6.45) is 0.698. The van der Waals surface area contributed by atoms with E-state index in [4.69, 9.17) is 0 Å². The van der Waals surface area contributed by atoms with Crippen molar-refractivity contribution in [1.82, 2.24) is 0 Å². The molecule has 0 bridgehead atoms. The first kappa shape index (κ1) is 15.0. The van der Waals surface area contributed by atoms with Crippen molar-refractivity contribution in [3.05, 3.63) is 64.2 Å². The van der Waals surface area contributed by atoms with Gasteiger partial charge in [0.05, 0.1) is 4.92 Å². The number of nitrogens with one attached hydrogen (secondary N) is 1. The molecule has 6 heteroatoms. The number of hydrogen-bond acceptors (Lipinski definition) is 4. The van der Waals surface area contributed by atoms with Crippen molar-refractivity contribution < 1.29 is 9.72 Å². The summed E-state index contributed by atoms with van der Waals surface area (Å²) in [5, 5.41) is 13.8. The van der Waals surface area contributed by atoms with Crippen LogP contribution in [-0.2, 0) is 4.79 Å². The fourth-order valence-electron chi connectivity index (χ4n) is 2.75. The van der Waals surface area contributed by atoms with Gasteiger partial charge in [-0.15, -0.1) is 0 Å². The number of hydrogen-bond donors (Lipinski definition) is 1. The van der Waals surface area contributed by atoms with Gasteiger partial charge in [0.15, 0.2) is 0 Å². The molecule has 1 amide bonds. The van der Waals surface area contributed by atoms with E-state index in [-0.39, 0.29) is 17.6 Å². The van der Waals surface area contributed by atoms with E-state index < -0.39 is 4.92 Å². The number of benzene rings is 2. The Morgan fingerprint density at radius 2 is 1.96 bits per heavy atom. The van der Waals surface area contributed by atoms with Crippen molar-refractivity contribution in [3.63, 3.8) is 0 Å². The van der Waals surface area contributed by atoms with Gasteiger partial charge in [-0.2, -0.15) is 0 Å². The zero-order valence-electron chi connectivity index (χ0n) is 12.7. The molecule has 1 aliphatic heterocycles. The molecule has 1 unspecified atom stereocenters. The summed E-state index contributed by atoms with van der Waals surface area (Å²) in [4.78, 5) is 24.5. The van der Waals surface area contributed by atoms with Gasteiger partial charge in [-0.05, 0) is 43.2 Å². The molecule has 118 valence electrons. The maximum Gasteiger partial charge on any atom is 0.269 e. The molecule has 1 fully saturated rings. The Labute approximate surface area is 133 Å². The van der Waals surface area contributed by atoms with E-state index >= 15 is 0 Å². The SMILES string of the molecule is Cc1cccc(N2CCC(Nc3ccc([N+](=O)[O-])cc3)C2=O)c1. The highest BCUT2D eigenvalue weighted by molar-refractivity contribution is 6.01. The van der Waals surface area contributed by atoms with E-state index in [1.165, 1.54) is 12.1 Å². The van der Waals surface area contributed by atoms with Gasteiger partial charge in [0, 0.05) is 30.1 Å². The molecular formula is C17H17N3O3. The second-order valence-corrected chi connectivity index (χ2v) is 5.62. The lowest BCUT2D eigenvalue weighted by molar-refractivity contribution is -0.384. The lowest BCUT2D eigenvalue weighted by Gasteiger charge is -2.18. The molecule has 2 aromatic rings. The van der Waals surface area contributed by atoms with Gasteiger partial charge in [0.1, 0.15) is 6.04 Å². The molecule has 0 saturated carbocycles. The van der Waals surface area contributed by atoms with Crippen LogP contribution in [-0.4, -0.2) is 23.4 Å². The van der Waals surface area contributed by atoms with Crippen molar-refractivity contribution in [2.24, 2.45) is 0 Å². The molecule has 3 rings (SSSR count). The fourth-order valence-corrected chi connectivity index (χ4v) is 2.75. The van der Waals surface area contributed by atoms with Gasteiger partial charge in [-0.25, -0.2) is 0 Å². The predicted octanol–water partition coefficient (Wildman–Crippen LogP) is 3.12. The topological polar surface area (TPSA) is 75.5 Å². The van der Waals surface area contributed by atoms with E-state index in [0.29, 0.717) is 18.7 Å². The van der Waals surface area contributed by atoms with Crippen LogP contribution in [0.2, 0.25) is 0 Å². The zero-order chi connectivity index (χ0) is 16.4. The summed E-state index contributed by atoms with van der Waals surface area (Å²) >= 11 is 0. The second kappa shape index (κ2) is 6.08. The van der Waals surface area contributed by atoms with E-state index in [9.17, 15) is 14.9 Å². The minimum atomic E-state index is -0.441. The lowest BCUT2D eigenvalue weighted by Crippen LogP contribution is -2.33. The number of nitro groups is 1. The van der Waals surface area contributed by atoms with Crippen LogP contribution in [0.1, 0.15) is 12.0 Å². The maximum atomic E-state index is 12.6. The monoisotopic (exact) mass is 311 g/mol. The Morgan fingerprint density at radius 3 is 2.61 bits per heavy atom. The second-order valence-electron chi connectivity index (χ2n) is 5.62. The minimum absolute atomic E-state index is 0.0222. The third-order valence-electron chi connectivity index (χ3n) is 3.94. The fraction of sp³-hybridized carbons (Fsp3) is 0.235. The van der Waals surface area contributed by atoms with Gasteiger partial charge in [0.2, 0.25) is 5.91 Å². The highest BCUT2D eigenvalue weighted by atomic mass is 16.6. The van der Waals surface area contributed by atoms with Crippen LogP contribution in [0.5, 0.6) is 0 Å². The standard InChI is InChI=1S/C17H17N3O3/c1-12-3-2-4-15(11-12)19-10-9-16(17(19)21)18-13-5-7-14(8-6-13)20(22)23/h2-8,11,16,18H,9-10H2,1H3. The number of amides is 1. The number of rotatable bonds is 4. The lowest BCUT2D eigenvalue weighted by atomic mass is 10.2. The molecule has 23 heavy (non-hydrogen) atoms. The molecule has 0 spiro atoms. The van der Waals surface area contributed by atoms with Crippen molar-refractivity contribution in [2.45, 2.75) is 19.4 Å². The molecule has 6 nitrogen and oxygen atoms in total. The van der Waals surface area contributed by atoms with Gasteiger partial charge in [-0.3, -0.25) is 14.9 Å². The first-order valence-corrected chi connectivity index (χ1v) is 7.43. The summed E-state index contributed by atoms with van der Waals surface area (Å²) in [7, 11) is 0. The average Bonchev–Trinajstić information content (AvgIpc) is 2.89. The van der Waals surface area contributed by atoms with E-state index in [0.717, 1.165) is 11.3 Å². The summed E-state index contributed by atoms with van der Waals surface area (Å²) in [6.45, 7) is 2.66. The smallest absolute Gasteiger partial charge is 0.269 e. The third kappa shape index (κ3) is 3.15. The number of nitrogens with zero attached hydrogens (tertiary/aromatic N) is 2. The number of carbonyl (C=O) groups is 1. The first-order chi connectivity index (χ1) is 11.0. The van der Waals surface area contributed by atoms with Crippen LogP contribution < -0.4 is 10.2 Å². The Hall–Kier alpha value is -2.89. The summed E-state index contributed by atoms with van der Waals surface area (Å²) in [5.41, 5.74) is 2.76. The molecule has 1 N–H and O–H groups in total. The Bertz CT molecular complexity index is 743. The molecule has 0 radical (unpaired) electrons. The average molecular weight is 311 g/mol. The molecule has 1 atom stereocenters. The normalized spacial score (nSPS) is 17.3. The molecular weight excluding hydrogens is 294 g/mol. The highest BCUT2D eigenvalue weighted by Crippen LogP contribution is 2.25. The summed E-state index contributed by atoms with van der Waals surface area (Å²) in [5.74, 6) is 0.0222. The Balaban J connectivity index is 1.70. The van der Waals surface area contributed by atoms with Crippen molar-refractivity contribution >= 4 is 23.0 Å². The van der Waals surface area contributed by atoms with Crippen LogP contribution in [0, 0.1) is 17.0 Å². The number of non-ortho nitro benzene ring substituents is 1. The van der Waals surface area contributed by atoms with Crippen LogP contribution in [0.4, 0.5) is 17.1 Å². The Kier molecular flexibility index (Phi) is 3.97. The number of aryl methyl sites for hydroxylation is 1. The summed E-state index contributed by atoms with van der Waals surface area (Å²) in [6, 6.07) is 13.7. The zero-order valence-corrected chi connectivity index (χ0v) is 12.7. The highest BCUT2D eigenvalue weighted by Gasteiger charge is 2.32. The van der Waals surface area contributed by atoms with E-state index in [1.54, 1.807) is 17.0 Å². The maximum absolute atomic E-state index is 12.6. The summed E-state index contributed by atoms with van der Waals surface area (Å²) < 4.78 is 0. The quantitative estimate of drug-likeness (QED) is 0.695. The minimum Gasteiger partial charge on any atom is -0.374 e. The van der Waals surface area contributed by atoms with Crippen molar-refractivity contribution in [1.29, 1.82) is 0 Å². The number of anilines is 2. The molecule has 1 saturated heterocycles. The van der Waals surface area contributed by atoms with Gasteiger partial charge in [0.25, 0.3) is 5.69 Å². The van der Waals surface area contributed by atoms with Gasteiger partial charge >= 0.3 is 0 Å². The van der Waals surface area contributed by atoms with E-state index in [1.807, 2.05) is 31.2 Å². The van der Waals surface area contributed by atoms with Crippen LogP contribution in [0.3, 0.4) is 0 Å². The van der Waals surface area contributed by atoms with Crippen molar-refractivity contribution in [3.8, 4) is 0 Å². The molecule has 1 heterocycles. The molecule has 2 aromatic carbocycles. The third-order valence-corrected chi connectivity index (χ3v) is 3.94. The first-order valence-electron chi connectivity index (χ1n) is 7.43. The van der Waals surface area contributed by atoms with E-state index in [2.05, 4.69) is 5.32 Å². The van der Waals surface area contributed by atoms with Crippen LogP contribution >= 0.6 is 0 Å².